The SMILES string of the molecule is O=C(Nc1ccc(Br)cn1)N[C@@H]1[C@@H]2COc3c(F)ccc(Cl)c3[C@@H]21. The van der Waals surface area contributed by atoms with E-state index in [-0.39, 0.29) is 29.7 Å². The van der Waals surface area contributed by atoms with E-state index in [0.29, 0.717) is 23.0 Å². The molecule has 1 aliphatic carbocycles. The van der Waals surface area contributed by atoms with Gasteiger partial charge in [-0.2, -0.15) is 0 Å². The second kappa shape index (κ2) is 5.89. The zero-order chi connectivity index (χ0) is 16.8. The van der Waals surface area contributed by atoms with Gasteiger partial charge in [0, 0.05) is 39.1 Å². The van der Waals surface area contributed by atoms with Crippen molar-refractivity contribution in [3.05, 3.63) is 51.3 Å². The second-order valence-corrected chi connectivity index (χ2v) is 7.08. The fraction of sp³-hybridized carbons (Fsp3) is 0.250. The first-order valence-corrected chi connectivity index (χ1v) is 8.51. The summed E-state index contributed by atoms with van der Waals surface area (Å²) in [6.45, 7) is 0.358. The number of fused-ring (bicyclic) bond motifs is 3. The molecular weight excluding hydrogens is 401 g/mol. The molecule has 1 aliphatic heterocycles. The summed E-state index contributed by atoms with van der Waals surface area (Å²) in [7, 11) is 0. The van der Waals surface area contributed by atoms with Crippen LogP contribution in [0.1, 0.15) is 11.5 Å². The number of pyridine rings is 1. The molecule has 0 unspecified atom stereocenters. The van der Waals surface area contributed by atoms with Crippen molar-refractivity contribution in [2.75, 3.05) is 11.9 Å². The number of carbonyl (C=O) groups excluding carboxylic acids is 1. The van der Waals surface area contributed by atoms with Crippen molar-refractivity contribution in [2.24, 2.45) is 5.92 Å². The van der Waals surface area contributed by atoms with Crippen LogP contribution in [0.15, 0.2) is 34.9 Å². The van der Waals surface area contributed by atoms with Crippen LogP contribution in [0.5, 0.6) is 5.75 Å². The molecule has 1 fully saturated rings. The Bertz CT molecular complexity index is 818. The molecule has 8 heteroatoms. The third-order valence-corrected chi connectivity index (χ3v) is 5.08. The first-order chi connectivity index (χ1) is 11.5. The van der Waals surface area contributed by atoms with Crippen molar-refractivity contribution in [1.82, 2.24) is 10.3 Å². The first-order valence-electron chi connectivity index (χ1n) is 7.34. The third-order valence-electron chi connectivity index (χ3n) is 4.28. The fourth-order valence-electron chi connectivity index (χ4n) is 3.11. The molecule has 2 aromatic rings. The van der Waals surface area contributed by atoms with Gasteiger partial charge >= 0.3 is 6.03 Å². The number of hydrogen-bond acceptors (Lipinski definition) is 3. The molecule has 5 nitrogen and oxygen atoms in total. The normalized spacial score (nSPS) is 23.5. The largest absolute Gasteiger partial charge is 0.490 e. The van der Waals surface area contributed by atoms with Gasteiger partial charge in [-0.05, 0) is 40.2 Å². The number of aromatic nitrogens is 1. The highest BCUT2D eigenvalue weighted by atomic mass is 79.9. The number of urea groups is 1. The Hall–Kier alpha value is -1.86. The highest BCUT2D eigenvalue weighted by Gasteiger charge is 2.57. The smallest absolute Gasteiger partial charge is 0.320 e. The van der Waals surface area contributed by atoms with Crippen LogP contribution >= 0.6 is 27.5 Å². The van der Waals surface area contributed by atoms with Gasteiger partial charge in [-0.25, -0.2) is 14.2 Å². The molecule has 2 heterocycles. The lowest BCUT2D eigenvalue weighted by Crippen LogP contribution is -2.32. The van der Waals surface area contributed by atoms with Crippen LogP contribution in [0.25, 0.3) is 0 Å². The summed E-state index contributed by atoms with van der Waals surface area (Å²) in [5, 5.41) is 6.01. The molecule has 0 bridgehead atoms. The number of rotatable bonds is 2. The Labute approximate surface area is 150 Å². The predicted molar refractivity (Wildman–Crippen MR) is 91.0 cm³/mol. The van der Waals surface area contributed by atoms with Crippen LogP contribution in [0.4, 0.5) is 15.0 Å². The molecule has 0 saturated heterocycles. The molecule has 3 atom stereocenters. The summed E-state index contributed by atoms with van der Waals surface area (Å²) in [6, 6.07) is 5.78. The number of anilines is 1. The van der Waals surface area contributed by atoms with Crippen LogP contribution in [0.2, 0.25) is 5.02 Å². The van der Waals surface area contributed by atoms with Crippen molar-refractivity contribution >= 4 is 39.4 Å². The Balaban J connectivity index is 1.47. The topological polar surface area (TPSA) is 63.2 Å². The Morgan fingerprint density at radius 2 is 2.21 bits per heavy atom. The summed E-state index contributed by atoms with van der Waals surface area (Å²) < 4.78 is 20.2. The highest BCUT2D eigenvalue weighted by Crippen LogP contribution is 2.56. The van der Waals surface area contributed by atoms with E-state index in [0.717, 1.165) is 4.47 Å². The van der Waals surface area contributed by atoms with E-state index in [1.165, 1.54) is 12.1 Å². The molecule has 1 aromatic heterocycles. The van der Waals surface area contributed by atoms with Gasteiger partial charge in [0.1, 0.15) is 5.82 Å². The van der Waals surface area contributed by atoms with E-state index in [1.54, 1.807) is 18.3 Å². The van der Waals surface area contributed by atoms with E-state index in [9.17, 15) is 9.18 Å². The molecule has 1 saturated carbocycles. The third kappa shape index (κ3) is 2.71. The van der Waals surface area contributed by atoms with Crippen molar-refractivity contribution in [1.29, 1.82) is 0 Å². The number of halogens is 3. The van der Waals surface area contributed by atoms with Crippen molar-refractivity contribution in [2.45, 2.75) is 12.0 Å². The van der Waals surface area contributed by atoms with Gasteiger partial charge in [-0.15, -0.1) is 0 Å². The molecule has 24 heavy (non-hydrogen) atoms. The van der Waals surface area contributed by atoms with Gasteiger partial charge in [-0.3, -0.25) is 5.32 Å². The van der Waals surface area contributed by atoms with Gasteiger partial charge in [0.25, 0.3) is 0 Å². The number of amides is 2. The molecule has 4 rings (SSSR count). The zero-order valence-corrected chi connectivity index (χ0v) is 14.6. The number of benzene rings is 1. The van der Waals surface area contributed by atoms with Crippen LogP contribution < -0.4 is 15.4 Å². The molecule has 124 valence electrons. The maximum Gasteiger partial charge on any atom is 0.320 e. The van der Waals surface area contributed by atoms with Gasteiger partial charge < -0.3 is 10.1 Å². The molecule has 0 spiro atoms. The summed E-state index contributed by atoms with van der Waals surface area (Å²) in [4.78, 5) is 16.2. The van der Waals surface area contributed by atoms with Crippen molar-refractivity contribution < 1.29 is 13.9 Å². The molecule has 1 aromatic carbocycles. The minimum Gasteiger partial charge on any atom is -0.490 e. The minimum atomic E-state index is -0.429. The first kappa shape index (κ1) is 15.7. The monoisotopic (exact) mass is 411 g/mol. The standard InChI is InChI=1S/C16H12BrClFN3O2/c17-7-1-4-11(20-5-7)21-16(23)22-14-8-6-24-15-10(19)3-2-9(18)13(15)12(8)14/h1-5,8,12,14H,6H2,(H2,20,21,22,23)/t8-,12-,14-/m1/s1. The van der Waals surface area contributed by atoms with Crippen LogP contribution in [-0.2, 0) is 0 Å². The Morgan fingerprint density at radius 1 is 1.38 bits per heavy atom. The summed E-state index contributed by atoms with van der Waals surface area (Å²) in [5.41, 5.74) is 0.639. The molecule has 2 aliphatic rings. The van der Waals surface area contributed by atoms with E-state index >= 15 is 0 Å². The zero-order valence-electron chi connectivity index (χ0n) is 12.2. The van der Waals surface area contributed by atoms with E-state index < -0.39 is 5.82 Å². The second-order valence-electron chi connectivity index (χ2n) is 5.76. The molecule has 2 N–H and O–H groups in total. The Morgan fingerprint density at radius 3 is 2.96 bits per heavy atom. The van der Waals surface area contributed by atoms with Gasteiger partial charge in [-0.1, -0.05) is 11.6 Å². The lowest BCUT2D eigenvalue weighted by Gasteiger charge is -2.17. The van der Waals surface area contributed by atoms with Crippen molar-refractivity contribution in [3.8, 4) is 5.75 Å². The van der Waals surface area contributed by atoms with E-state index in [1.807, 2.05) is 0 Å². The average molecular weight is 413 g/mol. The number of hydrogen-bond donors (Lipinski definition) is 2. The predicted octanol–water partition coefficient (Wildman–Crippen LogP) is 3.93. The van der Waals surface area contributed by atoms with E-state index in [4.69, 9.17) is 16.3 Å². The Kier molecular flexibility index (Phi) is 3.85. The van der Waals surface area contributed by atoms with Crippen LogP contribution in [-0.4, -0.2) is 23.7 Å². The van der Waals surface area contributed by atoms with Crippen molar-refractivity contribution in [3.63, 3.8) is 0 Å². The average Bonchev–Trinajstić information content (AvgIpc) is 3.26. The van der Waals surface area contributed by atoms with E-state index in [2.05, 4.69) is 31.5 Å². The maximum atomic E-state index is 13.9. The summed E-state index contributed by atoms with van der Waals surface area (Å²) in [5.74, 6) is 0.283. The van der Waals surface area contributed by atoms with Crippen LogP contribution in [0, 0.1) is 11.7 Å². The molecule has 0 radical (unpaired) electrons. The summed E-state index contributed by atoms with van der Waals surface area (Å²) in [6.07, 6.45) is 1.60. The fourth-order valence-corrected chi connectivity index (χ4v) is 3.62. The van der Waals surface area contributed by atoms with Gasteiger partial charge in [0.05, 0.1) is 6.61 Å². The lowest BCUT2D eigenvalue weighted by atomic mass is 10.1. The number of ether oxygens (including phenoxy) is 1. The van der Waals surface area contributed by atoms with Gasteiger partial charge in [0.2, 0.25) is 0 Å². The summed E-state index contributed by atoms with van der Waals surface area (Å²) >= 11 is 9.48. The van der Waals surface area contributed by atoms with Gasteiger partial charge in [0.15, 0.2) is 11.6 Å². The number of nitrogens with one attached hydrogen (secondary N) is 2. The highest BCUT2D eigenvalue weighted by molar-refractivity contribution is 9.10. The molecular formula is C16H12BrClFN3O2. The molecule has 2 amide bonds. The quantitative estimate of drug-likeness (QED) is 0.785. The minimum absolute atomic E-state index is 0.0272. The number of carbonyl (C=O) groups is 1. The van der Waals surface area contributed by atoms with Crippen LogP contribution in [0.3, 0.4) is 0 Å². The maximum absolute atomic E-state index is 13.9. The lowest BCUT2D eigenvalue weighted by molar-refractivity contribution is 0.248. The number of nitrogens with zero attached hydrogens (tertiary/aromatic N) is 1.